The quantitative estimate of drug-likeness (QED) is 0.135. The highest BCUT2D eigenvalue weighted by Crippen LogP contribution is 2.42. The zero-order chi connectivity index (χ0) is 40.0. The molecule has 0 saturated carbocycles. The molecule has 292 valence electrons. The van der Waals surface area contributed by atoms with Crippen LogP contribution in [0.2, 0.25) is 0 Å². The van der Waals surface area contributed by atoms with Crippen LogP contribution in [-0.2, 0) is 0 Å². The molecule has 0 aliphatic carbocycles. The maximum absolute atomic E-state index is 14.7. The lowest BCUT2D eigenvalue weighted by Crippen LogP contribution is -2.32. The Hall–Kier alpha value is -7.26. The molecular formula is C50H44N6O3. The minimum absolute atomic E-state index is 0.115. The van der Waals surface area contributed by atoms with Gasteiger partial charge in [-0.15, -0.1) is 0 Å². The Balaban J connectivity index is 1.11. The van der Waals surface area contributed by atoms with Crippen molar-refractivity contribution < 1.29 is 14.3 Å². The summed E-state index contributed by atoms with van der Waals surface area (Å²) in [6.07, 6.45) is 5.45. The number of aromatic nitrogens is 2. The Morgan fingerprint density at radius 2 is 1.00 bits per heavy atom. The number of anilines is 4. The van der Waals surface area contributed by atoms with E-state index in [2.05, 4.69) is 70.8 Å². The first kappa shape index (κ1) is 36.1. The Kier molecular flexibility index (Phi) is 9.13. The number of H-pyrrole nitrogens is 2. The van der Waals surface area contributed by atoms with Gasteiger partial charge in [0.25, 0.3) is 11.8 Å². The largest absolute Gasteiger partial charge is 0.456 e. The van der Waals surface area contributed by atoms with Crippen LogP contribution >= 0.6 is 0 Å². The first-order valence-corrected chi connectivity index (χ1v) is 20.3. The Bertz CT molecular complexity index is 2700. The number of hydrogen-bond donors (Lipinski definition) is 4. The highest BCUT2D eigenvalue weighted by molar-refractivity contribution is 6.10. The number of amides is 2. The van der Waals surface area contributed by atoms with Gasteiger partial charge in [-0.1, -0.05) is 36.4 Å². The van der Waals surface area contributed by atoms with E-state index in [0.717, 1.165) is 79.7 Å². The lowest BCUT2D eigenvalue weighted by Gasteiger charge is -2.24. The normalized spacial score (nSPS) is 16.4. The fourth-order valence-corrected chi connectivity index (χ4v) is 8.47. The van der Waals surface area contributed by atoms with Crippen LogP contribution in [0.4, 0.5) is 22.7 Å². The Morgan fingerprint density at radius 3 is 1.47 bits per heavy atom. The second kappa shape index (κ2) is 14.9. The average molecular weight is 777 g/mol. The third-order valence-electron chi connectivity index (χ3n) is 11.7. The van der Waals surface area contributed by atoms with Crippen molar-refractivity contribution >= 4 is 56.4 Å². The fraction of sp³-hybridized carbons (Fsp3) is 0.160. The molecule has 4 heterocycles. The summed E-state index contributed by atoms with van der Waals surface area (Å²) >= 11 is 0. The van der Waals surface area contributed by atoms with Gasteiger partial charge in [-0.2, -0.15) is 0 Å². The molecule has 9 nitrogen and oxygen atoms in total. The van der Waals surface area contributed by atoms with Gasteiger partial charge >= 0.3 is 0 Å². The zero-order valence-corrected chi connectivity index (χ0v) is 33.0. The summed E-state index contributed by atoms with van der Waals surface area (Å²) in [5.74, 6) is 0.783. The van der Waals surface area contributed by atoms with Crippen LogP contribution < -0.4 is 25.2 Å². The second-order valence-electron chi connectivity index (χ2n) is 15.7. The summed E-state index contributed by atoms with van der Waals surface area (Å²) in [7, 11) is 0. The lowest BCUT2D eigenvalue weighted by atomic mass is 9.99. The van der Waals surface area contributed by atoms with E-state index < -0.39 is 0 Å². The van der Waals surface area contributed by atoms with Gasteiger partial charge in [0.1, 0.15) is 11.5 Å². The first-order valence-electron chi connectivity index (χ1n) is 20.3. The number of carbonyl (C=O) groups is 2. The monoisotopic (exact) mass is 776 g/mol. The minimum atomic E-state index is -0.115. The maximum Gasteiger partial charge on any atom is 0.258 e. The standard InChI is InChI=1S/C50H44N6O3/c1-31-21-25-55(45-9-5-3-7-43(45)53-31)49(57)37-11-15-39(33-13-17-41-35(27-33)19-23-51-41)47(29-37)59-48-30-38(12-16-40(48)34-14-18-42-36(28-34)20-24-52-42)50(58)56-26-22-32(2)54-44-8-4-6-10-46(44)56/h3-20,23-24,27-32,51-54H,21-22,25-26H2,1-2H3. The van der Waals surface area contributed by atoms with Crippen LogP contribution in [0.15, 0.2) is 146 Å². The second-order valence-corrected chi connectivity index (χ2v) is 15.7. The van der Waals surface area contributed by atoms with Gasteiger partial charge < -0.3 is 35.1 Å². The van der Waals surface area contributed by atoms with Gasteiger partial charge in [0.15, 0.2) is 0 Å². The van der Waals surface area contributed by atoms with Gasteiger partial charge in [-0.25, -0.2) is 0 Å². The molecule has 2 unspecified atom stereocenters. The van der Waals surface area contributed by atoms with Crippen molar-refractivity contribution in [2.24, 2.45) is 0 Å². The number of fused-ring (bicyclic) bond motifs is 4. The van der Waals surface area contributed by atoms with Gasteiger partial charge in [-0.3, -0.25) is 9.59 Å². The topological polar surface area (TPSA) is 105 Å². The van der Waals surface area contributed by atoms with E-state index in [1.54, 1.807) is 0 Å². The van der Waals surface area contributed by atoms with Crippen LogP contribution in [0.1, 0.15) is 47.4 Å². The number of rotatable bonds is 6. The first-order chi connectivity index (χ1) is 28.9. The van der Waals surface area contributed by atoms with Gasteiger partial charge in [0.05, 0.1) is 22.7 Å². The molecule has 0 saturated heterocycles. The number of ether oxygens (including phenoxy) is 1. The zero-order valence-electron chi connectivity index (χ0n) is 33.0. The highest BCUT2D eigenvalue weighted by Gasteiger charge is 2.28. The highest BCUT2D eigenvalue weighted by atomic mass is 16.5. The van der Waals surface area contributed by atoms with Crippen molar-refractivity contribution in [1.82, 2.24) is 9.97 Å². The van der Waals surface area contributed by atoms with Crippen molar-refractivity contribution in [2.75, 3.05) is 33.5 Å². The van der Waals surface area contributed by atoms with E-state index >= 15 is 0 Å². The summed E-state index contributed by atoms with van der Waals surface area (Å²) in [5.41, 5.74) is 10.1. The number of hydrogen-bond acceptors (Lipinski definition) is 5. The van der Waals surface area contributed by atoms with Crippen molar-refractivity contribution in [2.45, 2.75) is 38.8 Å². The minimum Gasteiger partial charge on any atom is -0.456 e. The van der Waals surface area contributed by atoms with E-state index in [-0.39, 0.29) is 23.9 Å². The van der Waals surface area contributed by atoms with Crippen molar-refractivity contribution in [3.8, 4) is 33.8 Å². The van der Waals surface area contributed by atoms with Crippen LogP contribution in [0.25, 0.3) is 44.1 Å². The molecule has 4 N–H and O–H groups in total. The molecule has 10 rings (SSSR count). The summed E-state index contributed by atoms with van der Waals surface area (Å²) in [5, 5.41) is 9.26. The molecular weight excluding hydrogens is 733 g/mol. The summed E-state index contributed by atoms with van der Waals surface area (Å²) in [6, 6.07) is 44.4. The summed E-state index contributed by atoms with van der Waals surface area (Å²) in [6.45, 7) is 5.41. The van der Waals surface area contributed by atoms with Crippen molar-refractivity contribution in [3.05, 3.63) is 157 Å². The van der Waals surface area contributed by atoms with E-state index in [4.69, 9.17) is 4.74 Å². The molecule has 8 aromatic rings. The molecule has 2 amide bonds. The third-order valence-corrected chi connectivity index (χ3v) is 11.7. The molecule has 59 heavy (non-hydrogen) atoms. The molecule has 6 aromatic carbocycles. The SMILES string of the molecule is CC1CCN(C(=O)c2ccc(-c3ccc4[nH]ccc4c3)c(Oc3cc(C(=O)N4CCC(C)Nc5ccccc54)ccc3-c3ccc4[nH]ccc4c3)c2)c2ccccc2N1. The molecule has 0 radical (unpaired) electrons. The third kappa shape index (κ3) is 6.84. The maximum atomic E-state index is 14.7. The molecule has 0 bridgehead atoms. The summed E-state index contributed by atoms with van der Waals surface area (Å²) in [4.78, 5) is 39.6. The number of aromatic amines is 2. The average Bonchev–Trinajstić information content (AvgIpc) is 3.86. The molecule has 2 atom stereocenters. The predicted octanol–water partition coefficient (Wildman–Crippen LogP) is 11.5. The number of nitrogens with zero attached hydrogens (tertiary/aromatic N) is 2. The molecule has 0 spiro atoms. The smallest absolute Gasteiger partial charge is 0.258 e. The number of nitrogens with one attached hydrogen (secondary N) is 4. The van der Waals surface area contributed by atoms with Gasteiger partial charge in [0.2, 0.25) is 0 Å². The molecule has 2 aliphatic heterocycles. The number of carbonyl (C=O) groups excluding carboxylic acids is 2. The molecule has 2 aromatic heterocycles. The fourth-order valence-electron chi connectivity index (χ4n) is 8.47. The molecule has 0 fully saturated rings. The van der Waals surface area contributed by atoms with Crippen molar-refractivity contribution in [1.29, 1.82) is 0 Å². The summed E-state index contributed by atoms with van der Waals surface area (Å²) < 4.78 is 7.13. The van der Waals surface area contributed by atoms with E-state index in [0.29, 0.717) is 35.7 Å². The van der Waals surface area contributed by atoms with Crippen LogP contribution in [0.5, 0.6) is 11.5 Å². The Labute approximate surface area is 342 Å². The lowest BCUT2D eigenvalue weighted by molar-refractivity contribution is 0.0979. The van der Waals surface area contributed by atoms with E-state index in [9.17, 15) is 9.59 Å². The number of para-hydroxylation sites is 4. The molecule has 2 aliphatic rings. The number of benzene rings is 6. The van der Waals surface area contributed by atoms with Gasteiger partial charge in [0, 0.05) is 70.9 Å². The van der Waals surface area contributed by atoms with Crippen molar-refractivity contribution in [3.63, 3.8) is 0 Å². The van der Waals surface area contributed by atoms with Crippen LogP contribution in [0, 0.1) is 0 Å². The van der Waals surface area contributed by atoms with E-state index in [1.165, 1.54) is 0 Å². The van der Waals surface area contributed by atoms with Crippen LogP contribution in [-0.4, -0.2) is 47.0 Å². The predicted molar refractivity (Wildman–Crippen MR) is 239 cm³/mol. The van der Waals surface area contributed by atoms with Gasteiger partial charge in [-0.05, 0) is 146 Å². The molecule has 9 heteroatoms. The van der Waals surface area contributed by atoms with E-state index in [1.807, 2.05) is 119 Å². The Morgan fingerprint density at radius 1 is 0.542 bits per heavy atom. The van der Waals surface area contributed by atoms with Crippen LogP contribution in [0.3, 0.4) is 0 Å².